The van der Waals surface area contributed by atoms with Gasteiger partial charge in [-0.25, -0.2) is 0 Å². The molecule has 0 bridgehead atoms. The molecule has 0 N–H and O–H groups in total. The van der Waals surface area contributed by atoms with Crippen LogP contribution in [0.1, 0.15) is 45.2 Å². The van der Waals surface area contributed by atoms with E-state index in [-0.39, 0.29) is 0 Å². The molecule has 98 valence electrons. The molecular formula is C17H24O. The van der Waals surface area contributed by atoms with Crippen molar-refractivity contribution in [2.75, 3.05) is 0 Å². The first-order valence-corrected chi connectivity index (χ1v) is 6.57. The average Bonchev–Trinajstić information content (AvgIpc) is 2.28. The molecule has 0 aliphatic rings. The Morgan fingerprint density at radius 1 is 1.33 bits per heavy atom. The highest BCUT2D eigenvalue weighted by atomic mass is 16.1. The van der Waals surface area contributed by atoms with Crippen LogP contribution >= 0.6 is 0 Å². The number of rotatable bonds is 6. The lowest BCUT2D eigenvalue weighted by Gasteiger charge is -2.24. The Bertz CT molecular complexity index is 414. The molecular weight excluding hydrogens is 220 g/mol. The van der Waals surface area contributed by atoms with Gasteiger partial charge in [0.2, 0.25) is 0 Å². The predicted octanol–water partition coefficient (Wildman–Crippen LogP) is 4.31. The van der Waals surface area contributed by atoms with Crippen LogP contribution in [0.5, 0.6) is 0 Å². The molecule has 1 rings (SSSR count). The molecule has 0 aliphatic heterocycles. The summed E-state index contributed by atoms with van der Waals surface area (Å²) in [5, 5.41) is 0. The van der Waals surface area contributed by atoms with Gasteiger partial charge in [0.1, 0.15) is 6.29 Å². The molecule has 0 saturated heterocycles. The summed E-state index contributed by atoms with van der Waals surface area (Å²) in [6, 6.07) is 8.43. The van der Waals surface area contributed by atoms with Crippen LogP contribution in [0.2, 0.25) is 0 Å². The van der Waals surface area contributed by atoms with Crippen LogP contribution in [0, 0.1) is 5.92 Å². The number of benzene rings is 1. The maximum Gasteiger partial charge on any atom is 0.130 e. The monoisotopic (exact) mass is 244 g/mol. The third-order valence-corrected chi connectivity index (χ3v) is 3.19. The fraction of sp³-hybridized carbons (Fsp3) is 0.471. The maximum atomic E-state index is 11.4. The van der Waals surface area contributed by atoms with Crippen molar-refractivity contribution in [3.05, 3.63) is 47.5 Å². The van der Waals surface area contributed by atoms with Gasteiger partial charge in [-0.3, -0.25) is 0 Å². The molecule has 18 heavy (non-hydrogen) atoms. The van der Waals surface area contributed by atoms with Crippen molar-refractivity contribution in [3.63, 3.8) is 0 Å². The van der Waals surface area contributed by atoms with Gasteiger partial charge in [0.15, 0.2) is 0 Å². The van der Waals surface area contributed by atoms with Crippen molar-refractivity contribution >= 4 is 6.29 Å². The van der Waals surface area contributed by atoms with Gasteiger partial charge < -0.3 is 4.79 Å². The summed E-state index contributed by atoms with van der Waals surface area (Å²) in [5.74, 6) is 0.656. The summed E-state index contributed by atoms with van der Waals surface area (Å²) in [7, 11) is 0. The van der Waals surface area contributed by atoms with Crippen LogP contribution in [0.4, 0.5) is 0 Å². The van der Waals surface area contributed by atoms with Crippen LogP contribution in [0.3, 0.4) is 0 Å². The van der Waals surface area contributed by atoms with E-state index in [1.807, 2.05) is 13.8 Å². The second-order valence-electron chi connectivity index (χ2n) is 5.96. The Morgan fingerprint density at radius 2 is 1.89 bits per heavy atom. The van der Waals surface area contributed by atoms with E-state index in [1.165, 1.54) is 5.56 Å². The molecule has 1 atom stereocenters. The van der Waals surface area contributed by atoms with Gasteiger partial charge in [-0.15, -0.1) is 6.58 Å². The minimum Gasteiger partial charge on any atom is -0.302 e. The Balaban J connectivity index is 2.94. The second kappa shape index (κ2) is 5.99. The quantitative estimate of drug-likeness (QED) is 0.538. The number of hydrogen-bond acceptors (Lipinski definition) is 1. The smallest absolute Gasteiger partial charge is 0.130 e. The van der Waals surface area contributed by atoms with Gasteiger partial charge in [0, 0.05) is 0 Å². The molecule has 0 spiro atoms. The summed E-state index contributed by atoms with van der Waals surface area (Å²) >= 11 is 0. The topological polar surface area (TPSA) is 17.1 Å². The van der Waals surface area contributed by atoms with Crippen LogP contribution < -0.4 is 0 Å². The molecule has 0 heterocycles. The highest BCUT2D eigenvalue weighted by Gasteiger charge is 2.25. The van der Waals surface area contributed by atoms with E-state index < -0.39 is 5.41 Å². The van der Waals surface area contributed by atoms with E-state index in [4.69, 9.17) is 0 Å². The molecule has 0 amide bonds. The molecule has 1 aromatic rings. The van der Waals surface area contributed by atoms with Crippen LogP contribution in [0.25, 0.3) is 0 Å². The van der Waals surface area contributed by atoms with Gasteiger partial charge in [-0.05, 0) is 43.7 Å². The van der Waals surface area contributed by atoms with Crippen LogP contribution in [-0.2, 0) is 16.6 Å². The molecule has 0 aliphatic carbocycles. The van der Waals surface area contributed by atoms with Crippen molar-refractivity contribution in [2.45, 2.75) is 46.0 Å². The predicted molar refractivity (Wildman–Crippen MR) is 77.8 cm³/mol. The van der Waals surface area contributed by atoms with Crippen molar-refractivity contribution < 1.29 is 4.79 Å². The molecule has 1 nitrogen and oxygen atoms in total. The van der Waals surface area contributed by atoms with Crippen molar-refractivity contribution in [2.24, 2.45) is 5.92 Å². The Kier molecular flexibility index (Phi) is 4.89. The first-order valence-electron chi connectivity index (χ1n) is 6.57. The van der Waals surface area contributed by atoms with Crippen LogP contribution in [0.15, 0.2) is 36.4 Å². The fourth-order valence-electron chi connectivity index (χ4n) is 2.33. The number of carbonyl (C=O) groups is 1. The summed E-state index contributed by atoms with van der Waals surface area (Å²) in [4.78, 5) is 11.4. The number of carbonyl (C=O) groups excluding carboxylic acids is 1. The maximum absolute atomic E-state index is 11.4. The van der Waals surface area contributed by atoms with E-state index in [0.29, 0.717) is 12.3 Å². The van der Waals surface area contributed by atoms with Gasteiger partial charge in [0.05, 0.1) is 5.41 Å². The third-order valence-electron chi connectivity index (χ3n) is 3.19. The lowest BCUT2D eigenvalue weighted by Crippen LogP contribution is -2.24. The molecule has 1 heteroatoms. The highest BCUT2D eigenvalue weighted by Crippen LogP contribution is 2.28. The van der Waals surface area contributed by atoms with E-state index in [1.54, 1.807) is 0 Å². The summed E-state index contributed by atoms with van der Waals surface area (Å²) < 4.78 is 0. The largest absolute Gasteiger partial charge is 0.302 e. The minimum atomic E-state index is -0.442. The average molecular weight is 244 g/mol. The fourth-order valence-corrected chi connectivity index (χ4v) is 2.33. The van der Waals surface area contributed by atoms with Gasteiger partial charge in [-0.1, -0.05) is 43.7 Å². The lowest BCUT2D eigenvalue weighted by atomic mass is 9.78. The summed E-state index contributed by atoms with van der Waals surface area (Å²) in [6.07, 6.45) is 2.83. The van der Waals surface area contributed by atoms with Crippen LogP contribution in [-0.4, -0.2) is 6.29 Å². The summed E-state index contributed by atoms with van der Waals surface area (Å²) in [5.41, 5.74) is 3.00. The number of aldehydes is 1. The van der Waals surface area contributed by atoms with Gasteiger partial charge >= 0.3 is 0 Å². The molecule has 0 saturated carbocycles. The minimum absolute atomic E-state index is 0.442. The van der Waals surface area contributed by atoms with Gasteiger partial charge in [-0.2, -0.15) is 0 Å². The Morgan fingerprint density at radius 3 is 2.28 bits per heavy atom. The number of allylic oxidation sites excluding steroid dienone is 1. The molecule has 0 radical (unpaired) electrons. The zero-order valence-electron chi connectivity index (χ0n) is 12.0. The standard InChI is InChI=1S/C17H24O/c1-13(2)10-15-6-8-16(9-7-15)17(5,12-18)11-14(3)4/h6-9,12-13H,3,10-11H2,1-2,4-5H3. The zero-order chi connectivity index (χ0) is 13.8. The first kappa shape index (κ1) is 14.7. The van der Waals surface area contributed by atoms with Gasteiger partial charge in [0.25, 0.3) is 0 Å². The van der Waals surface area contributed by atoms with Crippen molar-refractivity contribution in [1.82, 2.24) is 0 Å². The second-order valence-corrected chi connectivity index (χ2v) is 5.96. The van der Waals surface area contributed by atoms with E-state index in [0.717, 1.165) is 23.8 Å². The normalized spacial score (nSPS) is 14.3. The zero-order valence-corrected chi connectivity index (χ0v) is 12.0. The van der Waals surface area contributed by atoms with Crippen molar-refractivity contribution in [3.8, 4) is 0 Å². The van der Waals surface area contributed by atoms with E-state index >= 15 is 0 Å². The Hall–Kier alpha value is -1.37. The first-order chi connectivity index (χ1) is 8.37. The van der Waals surface area contributed by atoms with Crippen molar-refractivity contribution in [1.29, 1.82) is 0 Å². The SMILES string of the molecule is C=C(C)CC(C)(C=O)c1ccc(CC(C)C)cc1. The Labute approximate surface area is 111 Å². The molecule has 0 fully saturated rings. The molecule has 0 aromatic heterocycles. The third kappa shape index (κ3) is 3.83. The van der Waals surface area contributed by atoms with E-state index in [2.05, 4.69) is 44.7 Å². The number of hydrogen-bond donors (Lipinski definition) is 0. The molecule has 1 aromatic carbocycles. The highest BCUT2D eigenvalue weighted by molar-refractivity contribution is 5.68. The molecule has 1 unspecified atom stereocenters. The van der Waals surface area contributed by atoms with E-state index in [9.17, 15) is 4.79 Å². The lowest BCUT2D eigenvalue weighted by molar-refractivity contribution is -0.112. The summed E-state index contributed by atoms with van der Waals surface area (Å²) in [6.45, 7) is 12.3.